The molecule has 0 unspecified atom stereocenters. The van der Waals surface area contributed by atoms with Crippen molar-refractivity contribution in [2.45, 2.75) is 13.2 Å². The number of carboxylic acid groups (broad SMARTS) is 1. The zero-order valence-corrected chi connectivity index (χ0v) is 16.3. The molecule has 0 aliphatic carbocycles. The first-order valence-electron chi connectivity index (χ1n) is 8.97. The zero-order chi connectivity index (χ0) is 24.1. The van der Waals surface area contributed by atoms with E-state index in [2.05, 4.69) is 14.5 Å². The van der Waals surface area contributed by atoms with Crippen molar-refractivity contribution in [3.05, 3.63) is 77.9 Å². The molecule has 0 aliphatic rings. The Kier molecular flexibility index (Phi) is 7.06. The van der Waals surface area contributed by atoms with E-state index in [-0.39, 0.29) is 16.9 Å². The van der Waals surface area contributed by atoms with Crippen molar-refractivity contribution in [3.63, 3.8) is 0 Å². The topological polar surface area (TPSA) is 89.0 Å². The maximum absolute atomic E-state index is 14.1. The molecule has 0 bridgehead atoms. The number of carbonyl (C=O) groups is 2. The number of alkyl halides is 4. The summed E-state index contributed by atoms with van der Waals surface area (Å²) in [4.78, 5) is 29.2. The average molecular weight is 468 g/mol. The summed E-state index contributed by atoms with van der Waals surface area (Å²) in [6, 6.07) is 7.98. The molecule has 0 fully saturated rings. The van der Waals surface area contributed by atoms with Gasteiger partial charge in [-0.05, 0) is 42.5 Å². The second kappa shape index (κ2) is 9.94. The lowest BCUT2D eigenvalue weighted by Gasteiger charge is -2.24. The number of hydrogen-bond donors (Lipinski definition) is 1. The number of nitrogens with zero attached hydrogens (tertiary/aromatic N) is 2. The molecule has 0 atom stereocenters. The number of benzene rings is 2. The molecule has 0 saturated heterocycles. The Morgan fingerprint density at radius 3 is 2.18 bits per heavy atom. The van der Waals surface area contributed by atoms with Gasteiger partial charge in [-0.1, -0.05) is 0 Å². The van der Waals surface area contributed by atoms with E-state index >= 15 is 0 Å². The van der Waals surface area contributed by atoms with Gasteiger partial charge >= 0.3 is 19.2 Å². The van der Waals surface area contributed by atoms with Crippen LogP contribution in [0.4, 0.5) is 33.3 Å². The summed E-state index contributed by atoms with van der Waals surface area (Å²) in [6.07, 6.45) is 2.54. The van der Waals surface area contributed by atoms with Gasteiger partial charge in [0.05, 0.1) is 22.5 Å². The molecule has 172 valence electrons. The molecule has 2 aromatic carbocycles. The number of pyridine rings is 1. The van der Waals surface area contributed by atoms with Gasteiger partial charge in [0.25, 0.3) is 5.91 Å². The Balaban J connectivity index is 2.20. The molecule has 1 N–H and O–H groups in total. The number of halogens is 5. The van der Waals surface area contributed by atoms with E-state index in [0.29, 0.717) is 6.07 Å². The molecule has 0 radical (unpaired) electrons. The van der Waals surface area contributed by atoms with Gasteiger partial charge in [-0.15, -0.1) is 0 Å². The van der Waals surface area contributed by atoms with Crippen LogP contribution in [0.25, 0.3) is 0 Å². The molecule has 1 heterocycles. The predicted octanol–water partition coefficient (Wildman–Crippen LogP) is 5.10. The van der Waals surface area contributed by atoms with Crippen molar-refractivity contribution in [1.82, 2.24) is 4.98 Å². The van der Waals surface area contributed by atoms with Crippen molar-refractivity contribution >= 4 is 23.3 Å². The number of ether oxygens (including phenoxy) is 2. The Morgan fingerprint density at radius 1 is 0.879 bits per heavy atom. The van der Waals surface area contributed by atoms with Crippen LogP contribution in [0.5, 0.6) is 11.5 Å². The fourth-order valence-electron chi connectivity index (χ4n) is 2.85. The quantitative estimate of drug-likeness (QED) is 0.463. The van der Waals surface area contributed by atoms with Crippen LogP contribution in [0.15, 0.2) is 60.9 Å². The van der Waals surface area contributed by atoms with E-state index < -0.39 is 48.0 Å². The standard InChI is InChI=1S/C21H13F5N2O5/c22-13-6-12(19(30)31)7-15(8-13)28(18(29)11-2-1-5-27-10-11)14-3-4-16(32-20(23)24)17(9-14)33-21(25)26/h1-10,20-21H,(H,30,31). The van der Waals surface area contributed by atoms with Crippen LogP contribution in [0.3, 0.4) is 0 Å². The highest BCUT2D eigenvalue weighted by atomic mass is 19.3. The van der Waals surface area contributed by atoms with Crippen LogP contribution in [-0.2, 0) is 0 Å². The maximum Gasteiger partial charge on any atom is 0.387 e. The van der Waals surface area contributed by atoms with Crippen molar-refractivity contribution in [1.29, 1.82) is 0 Å². The van der Waals surface area contributed by atoms with Crippen molar-refractivity contribution in [3.8, 4) is 11.5 Å². The number of anilines is 2. The van der Waals surface area contributed by atoms with Crippen LogP contribution in [-0.4, -0.2) is 35.2 Å². The number of hydrogen-bond acceptors (Lipinski definition) is 5. The van der Waals surface area contributed by atoms with Crippen LogP contribution >= 0.6 is 0 Å². The van der Waals surface area contributed by atoms with E-state index in [1.165, 1.54) is 18.3 Å². The van der Waals surface area contributed by atoms with Gasteiger partial charge in [0, 0.05) is 18.5 Å². The molecule has 33 heavy (non-hydrogen) atoms. The van der Waals surface area contributed by atoms with Crippen molar-refractivity contribution < 1.29 is 46.1 Å². The fourth-order valence-corrected chi connectivity index (χ4v) is 2.85. The monoisotopic (exact) mass is 468 g/mol. The molecule has 12 heteroatoms. The SMILES string of the molecule is O=C(O)c1cc(F)cc(N(C(=O)c2cccnc2)c2ccc(OC(F)F)c(OC(F)F)c2)c1. The minimum atomic E-state index is -3.42. The first-order valence-corrected chi connectivity index (χ1v) is 8.97. The fraction of sp³-hybridized carbons (Fsp3) is 0.0952. The van der Waals surface area contributed by atoms with Crippen molar-refractivity contribution in [2.75, 3.05) is 4.90 Å². The zero-order valence-electron chi connectivity index (χ0n) is 16.3. The van der Waals surface area contributed by atoms with Crippen LogP contribution in [0.2, 0.25) is 0 Å². The van der Waals surface area contributed by atoms with Crippen LogP contribution in [0, 0.1) is 5.82 Å². The summed E-state index contributed by atoms with van der Waals surface area (Å²) in [5.74, 6) is -4.92. The molecule has 0 aliphatic heterocycles. The number of amides is 1. The minimum Gasteiger partial charge on any atom is -0.478 e. The summed E-state index contributed by atoms with van der Waals surface area (Å²) >= 11 is 0. The number of carboxylic acids is 1. The Labute approximate surface area is 182 Å². The number of aromatic carboxylic acids is 1. The Morgan fingerprint density at radius 2 is 1.58 bits per heavy atom. The molecule has 1 amide bonds. The Hall–Kier alpha value is -4.22. The van der Waals surface area contributed by atoms with E-state index in [9.17, 15) is 36.6 Å². The predicted molar refractivity (Wildman–Crippen MR) is 104 cm³/mol. The van der Waals surface area contributed by atoms with E-state index in [1.807, 2.05) is 0 Å². The van der Waals surface area contributed by atoms with Gasteiger partial charge in [0.15, 0.2) is 11.5 Å². The van der Waals surface area contributed by atoms with Crippen LogP contribution < -0.4 is 14.4 Å². The molecule has 0 spiro atoms. The average Bonchev–Trinajstić information content (AvgIpc) is 2.75. The number of carbonyl (C=O) groups excluding carboxylic acids is 1. The van der Waals surface area contributed by atoms with E-state index in [0.717, 1.165) is 41.4 Å². The third-order valence-corrected chi connectivity index (χ3v) is 4.12. The van der Waals surface area contributed by atoms with Crippen LogP contribution in [0.1, 0.15) is 20.7 Å². The Bertz CT molecular complexity index is 1160. The largest absolute Gasteiger partial charge is 0.478 e. The highest BCUT2D eigenvalue weighted by Gasteiger charge is 2.25. The van der Waals surface area contributed by atoms with Gasteiger partial charge in [-0.2, -0.15) is 17.6 Å². The van der Waals surface area contributed by atoms with Gasteiger partial charge in [-0.25, -0.2) is 9.18 Å². The van der Waals surface area contributed by atoms with Gasteiger partial charge in [0.2, 0.25) is 0 Å². The second-order valence-corrected chi connectivity index (χ2v) is 6.27. The highest BCUT2D eigenvalue weighted by molar-refractivity contribution is 6.11. The first-order chi connectivity index (χ1) is 15.7. The highest BCUT2D eigenvalue weighted by Crippen LogP contribution is 2.37. The molecule has 0 saturated carbocycles. The summed E-state index contributed by atoms with van der Waals surface area (Å²) in [6.45, 7) is -6.78. The third kappa shape index (κ3) is 5.73. The van der Waals surface area contributed by atoms with Gasteiger partial charge < -0.3 is 14.6 Å². The van der Waals surface area contributed by atoms with Gasteiger partial charge in [-0.3, -0.25) is 14.7 Å². The summed E-state index contributed by atoms with van der Waals surface area (Å²) in [5.41, 5.74) is -1.05. The van der Waals surface area contributed by atoms with Gasteiger partial charge in [0.1, 0.15) is 5.82 Å². The molecule has 1 aromatic heterocycles. The second-order valence-electron chi connectivity index (χ2n) is 6.27. The maximum atomic E-state index is 14.1. The van der Waals surface area contributed by atoms with E-state index in [1.54, 1.807) is 0 Å². The lowest BCUT2D eigenvalue weighted by Crippen LogP contribution is -2.26. The van der Waals surface area contributed by atoms with E-state index in [4.69, 9.17) is 0 Å². The summed E-state index contributed by atoms with van der Waals surface area (Å²) in [7, 11) is 0. The minimum absolute atomic E-state index is 0.0251. The molecular formula is C21H13F5N2O5. The van der Waals surface area contributed by atoms with Crippen molar-refractivity contribution in [2.24, 2.45) is 0 Å². The molecular weight excluding hydrogens is 455 g/mol. The number of rotatable bonds is 8. The smallest absolute Gasteiger partial charge is 0.387 e. The summed E-state index contributed by atoms with van der Waals surface area (Å²) in [5, 5.41) is 9.23. The molecule has 3 rings (SSSR count). The normalized spacial score (nSPS) is 10.9. The lowest BCUT2D eigenvalue weighted by atomic mass is 10.1. The lowest BCUT2D eigenvalue weighted by molar-refractivity contribution is -0.0691. The summed E-state index contributed by atoms with van der Waals surface area (Å²) < 4.78 is 73.5. The molecule has 7 nitrogen and oxygen atoms in total. The number of aromatic nitrogens is 1. The third-order valence-electron chi connectivity index (χ3n) is 4.12. The molecule has 3 aromatic rings. The first kappa shape index (κ1) is 23.4.